The van der Waals surface area contributed by atoms with Gasteiger partial charge in [-0.15, -0.1) is 0 Å². The van der Waals surface area contributed by atoms with Gasteiger partial charge in [0, 0.05) is 13.1 Å². The van der Waals surface area contributed by atoms with E-state index in [0.29, 0.717) is 17.9 Å². The standard InChI is InChI=1S/C30H36FN3O5S/c1-21(2)18-32-30(36)23(4)33(19-24-9-8-10-25(17-24)39-5)29(35)20-34(28-12-7-6-11-27(28)31)40(37,38)26-15-13-22(3)14-16-26/h6-17,21,23H,18-20H2,1-5H3,(H,32,36)/t23-/m1/s1. The molecule has 1 N–H and O–H groups in total. The summed E-state index contributed by atoms with van der Waals surface area (Å²) in [6, 6.07) is 17.5. The molecule has 8 nitrogen and oxygen atoms in total. The van der Waals surface area contributed by atoms with E-state index in [2.05, 4.69) is 5.32 Å². The number of sulfonamides is 1. The Morgan fingerprint density at radius 1 is 0.975 bits per heavy atom. The van der Waals surface area contributed by atoms with E-state index in [1.54, 1.807) is 43.3 Å². The van der Waals surface area contributed by atoms with Gasteiger partial charge in [0.05, 0.1) is 17.7 Å². The van der Waals surface area contributed by atoms with Gasteiger partial charge in [-0.2, -0.15) is 0 Å². The quantitative estimate of drug-likeness (QED) is 0.346. The maximum atomic E-state index is 15.0. The monoisotopic (exact) mass is 569 g/mol. The zero-order chi connectivity index (χ0) is 29.4. The van der Waals surface area contributed by atoms with Crippen molar-refractivity contribution in [3.8, 4) is 5.75 Å². The smallest absolute Gasteiger partial charge is 0.264 e. The van der Waals surface area contributed by atoms with Gasteiger partial charge in [-0.1, -0.05) is 55.8 Å². The first-order chi connectivity index (χ1) is 18.9. The molecule has 3 rings (SSSR count). The minimum absolute atomic E-state index is 0.00197. The Hall–Kier alpha value is -3.92. The van der Waals surface area contributed by atoms with Crippen molar-refractivity contribution in [2.24, 2.45) is 5.92 Å². The van der Waals surface area contributed by atoms with Crippen LogP contribution in [0.2, 0.25) is 0 Å². The number of halogens is 1. The van der Waals surface area contributed by atoms with Crippen molar-refractivity contribution in [3.63, 3.8) is 0 Å². The first-order valence-corrected chi connectivity index (χ1v) is 14.4. The molecule has 3 aromatic rings. The number of carbonyl (C=O) groups excluding carboxylic acids is 2. The second-order valence-electron chi connectivity index (χ2n) is 9.96. The molecular weight excluding hydrogens is 533 g/mol. The summed E-state index contributed by atoms with van der Waals surface area (Å²) in [4.78, 5) is 28.2. The van der Waals surface area contributed by atoms with Crippen LogP contribution in [-0.4, -0.2) is 51.4 Å². The van der Waals surface area contributed by atoms with Crippen LogP contribution in [0.25, 0.3) is 0 Å². The summed E-state index contributed by atoms with van der Waals surface area (Å²) in [5.74, 6) is -1.10. The van der Waals surface area contributed by atoms with Crippen LogP contribution in [-0.2, 0) is 26.2 Å². The average Bonchev–Trinajstić information content (AvgIpc) is 2.93. The maximum absolute atomic E-state index is 15.0. The molecule has 0 saturated heterocycles. The number of para-hydroxylation sites is 1. The van der Waals surface area contributed by atoms with Crippen molar-refractivity contribution in [2.45, 2.75) is 45.2 Å². The SMILES string of the molecule is COc1cccc(CN(C(=O)CN(c2ccccc2F)S(=O)(=O)c2ccc(C)cc2)[C@H](C)C(=O)NCC(C)C)c1. The van der Waals surface area contributed by atoms with E-state index in [-0.39, 0.29) is 29.0 Å². The second kappa shape index (κ2) is 13.4. The number of hydrogen-bond donors (Lipinski definition) is 1. The number of benzene rings is 3. The van der Waals surface area contributed by atoms with E-state index in [4.69, 9.17) is 4.74 Å². The van der Waals surface area contributed by atoms with Gasteiger partial charge in [0.1, 0.15) is 24.2 Å². The number of nitrogens with one attached hydrogen (secondary N) is 1. The number of nitrogens with zero attached hydrogens (tertiary/aromatic N) is 2. The van der Waals surface area contributed by atoms with Gasteiger partial charge in [0.15, 0.2) is 0 Å². The Balaban J connectivity index is 2.03. The first-order valence-electron chi connectivity index (χ1n) is 13.0. The number of hydrogen-bond acceptors (Lipinski definition) is 5. The number of rotatable bonds is 12. The largest absolute Gasteiger partial charge is 0.497 e. The molecule has 2 amide bonds. The Morgan fingerprint density at radius 3 is 2.27 bits per heavy atom. The van der Waals surface area contributed by atoms with Crippen LogP contribution in [0.3, 0.4) is 0 Å². The molecule has 0 saturated carbocycles. The van der Waals surface area contributed by atoms with Gasteiger partial charge in [0.25, 0.3) is 10.0 Å². The van der Waals surface area contributed by atoms with Gasteiger partial charge in [-0.25, -0.2) is 12.8 Å². The fourth-order valence-corrected chi connectivity index (χ4v) is 5.43. The number of anilines is 1. The van der Waals surface area contributed by atoms with Crippen molar-refractivity contribution in [1.29, 1.82) is 0 Å². The molecule has 0 radical (unpaired) electrons. The van der Waals surface area contributed by atoms with Gasteiger partial charge < -0.3 is 15.0 Å². The molecule has 0 aliphatic carbocycles. The zero-order valence-corrected chi connectivity index (χ0v) is 24.2. The van der Waals surface area contributed by atoms with E-state index >= 15 is 0 Å². The van der Waals surface area contributed by atoms with Gasteiger partial charge in [-0.3, -0.25) is 13.9 Å². The summed E-state index contributed by atoms with van der Waals surface area (Å²) in [6.45, 7) is 6.99. The molecule has 0 fully saturated rings. The van der Waals surface area contributed by atoms with Crippen molar-refractivity contribution < 1.29 is 27.1 Å². The van der Waals surface area contributed by atoms with E-state index in [0.717, 1.165) is 15.9 Å². The lowest BCUT2D eigenvalue weighted by molar-refractivity contribution is -0.139. The minimum Gasteiger partial charge on any atom is -0.497 e. The molecule has 0 unspecified atom stereocenters. The maximum Gasteiger partial charge on any atom is 0.264 e. The summed E-state index contributed by atoms with van der Waals surface area (Å²) in [7, 11) is -2.83. The number of ether oxygens (including phenoxy) is 1. The Labute approximate surface area is 235 Å². The lowest BCUT2D eigenvalue weighted by Crippen LogP contribution is -2.51. The number of methoxy groups -OCH3 is 1. The van der Waals surface area contributed by atoms with Gasteiger partial charge in [0.2, 0.25) is 11.8 Å². The van der Waals surface area contributed by atoms with E-state index < -0.39 is 34.3 Å². The highest BCUT2D eigenvalue weighted by Gasteiger charge is 2.33. The van der Waals surface area contributed by atoms with E-state index in [1.807, 2.05) is 20.8 Å². The number of carbonyl (C=O) groups is 2. The highest BCUT2D eigenvalue weighted by molar-refractivity contribution is 7.92. The third-order valence-corrected chi connectivity index (χ3v) is 8.12. The lowest BCUT2D eigenvalue weighted by Gasteiger charge is -2.32. The van der Waals surface area contributed by atoms with Gasteiger partial charge in [-0.05, 0) is 61.7 Å². The Morgan fingerprint density at radius 2 is 1.65 bits per heavy atom. The summed E-state index contributed by atoms with van der Waals surface area (Å²) >= 11 is 0. The third kappa shape index (κ3) is 7.59. The molecule has 0 aromatic heterocycles. The van der Waals surface area contributed by atoms with Gasteiger partial charge >= 0.3 is 0 Å². The molecule has 0 aliphatic heterocycles. The fourth-order valence-electron chi connectivity index (χ4n) is 4.01. The average molecular weight is 570 g/mol. The topological polar surface area (TPSA) is 96.0 Å². The molecule has 0 bridgehead atoms. The molecule has 10 heteroatoms. The van der Waals surface area contributed by atoms with Crippen molar-refractivity contribution in [3.05, 3.63) is 89.7 Å². The third-order valence-electron chi connectivity index (χ3n) is 6.35. The number of amides is 2. The first kappa shape index (κ1) is 30.6. The van der Waals surface area contributed by atoms with E-state index in [1.165, 1.54) is 42.3 Å². The van der Waals surface area contributed by atoms with Crippen molar-refractivity contribution in [2.75, 3.05) is 24.5 Å². The van der Waals surface area contributed by atoms with Crippen LogP contribution in [0.5, 0.6) is 5.75 Å². The fraction of sp³-hybridized carbons (Fsp3) is 0.333. The number of aryl methyl sites for hydroxylation is 1. The summed E-state index contributed by atoms with van der Waals surface area (Å²) < 4.78 is 48.6. The molecule has 214 valence electrons. The molecule has 3 aromatic carbocycles. The molecule has 1 atom stereocenters. The Kier molecular flexibility index (Phi) is 10.3. The summed E-state index contributed by atoms with van der Waals surface area (Å²) in [5.41, 5.74) is 1.25. The van der Waals surface area contributed by atoms with E-state index in [9.17, 15) is 22.4 Å². The highest BCUT2D eigenvalue weighted by atomic mass is 32.2. The van der Waals surface area contributed by atoms with Crippen LogP contribution in [0.1, 0.15) is 31.9 Å². The second-order valence-corrected chi connectivity index (χ2v) is 11.8. The van der Waals surface area contributed by atoms with Crippen LogP contribution < -0.4 is 14.4 Å². The molecule has 0 spiro atoms. The normalized spacial score (nSPS) is 12.1. The predicted molar refractivity (Wildman–Crippen MR) is 153 cm³/mol. The molecule has 0 aliphatic rings. The highest BCUT2D eigenvalue weighted by Crippen LogP contribution is 2.27. The van der Waals surface area contributed by atoms with Crippen LogP contribution in [0.4, 0.5) is 10.1 Å². The van der Waals surface area contributed by atoms with Crippen LogP contribution in [0.15, 0.2) is 77.7 Å². The molecular formula is C30H36FN3O5S. The molecule has 40 heavy (non-hydrogen) atoms. The molecule has 0 heterocycles. The lowest BCUT2D eigenvalue weighted by atomic mass is 10.1. The Bertz CT molecular complexity index is 1430. The predicted octanol–water partition coefficient (Wildman–Crippen LogP) is 4.53. The van der Waals surface area contributed by atoms with Crippen molar-refractivity contribution >= 4 is 27.5 Å². The van der Waals surface area contributed by atoms with Crippen molar-refractivity contribution in [1.82, 2.24) is 10.2 Å². The minimum atomic E-state index is -4.35. The van der Waals surface area contributed by atoms with Crippen LogP contribution >= 0.6 is 0 Å². The van der Waals surface area contributed by atoms with Crippen LogP contribution in [0, 0.1) is 18.7 Å². The zero-order valence-electron chi connectivity index (χ0n) is 23.4. The summed E-state index contributed by atoms with van der Waals surface area (Å²) in [5, 5.41) is 2.83. The summed E-state index contributed by atoms with van der Waals surface area (Å²) in [6.07, 6.45) is 0.